The van der Waals surface area contributed by atoms with Crippen LogP contribution in [0.15, 0.2) is 28.8 Å². The van der Waals surface area contributed by atoms with Crippen LogP contribution in [0.2, 0.25) is 0 Å². The molecule has 0 unspecified atom stereocenters. The number of aromatic nitrogens is 1. The Kier molecular flexibility index (Phi) is 6.35. The van der Waals surface area contributed by atoms with Crippen molar-refractivity contribution in [3.8, 4) is 11.3 Å². The molecule has 0 spiro atoms. The quantitative estimate of drug-likeness (QED) is 0.625. The van der Waals surface area contributed by atoms with Crippen LogP contribution in [-0.2, 0) is 12.7 Å². The molecule has 1 fully saturated rings. The molecule has 0 saturated heterocycles. The number of carbonyl (C=O) groups is 1. The van der Waals surface area contributed by atoms with E-state index in [1.54, 1.807) is 0 Å². The van der Waals surface area contributed by atoms with Crippen molar-refractivity contribution in [2.24, 2.45) is 0 Å². The van der Waals surface area contributed by atoms with Gasteiger partial charge < -0.3 is 20.3 Å². The summed E-state index contributed by atoms with van der Waals surface area (Å²) in [5, 5.41) is 18.7. The van der Waals surface area contributed by atoms with Crippen molar-refractivity contribution >= 4 is 5.91 Å². The average molecular weight is 397 g/mol. The third-order valence-corrected chi connectivity index (χ3v) is 4.76. The Labute approximate surface area is 160 Å². The number of hydrogen-bond donors (Lipinski definition) is 3. The van der Waals surface area contributed by atoms with E-state index in [4.69, 9.17) is 9.63 Å². The van der Waals surface area contributed by atoms with Gasteiger partial charge in [-0.1, -0.05) is 30.1 Å². The minimum absolute atomic E-state index is 0.0928. The molecule has 9 heteroatoms. The Morgan fingerprint density at radius 1 is 1.21 bits per heavy atom. The Hall–Kier alpha value is -2.39. The number of alkyl halides is 3. The third-order valence-electron chi connectivity index (χ3n) is 4.76. The van der Waals surface area contributed by atoms with Crippen LogP contribution in [0.25, 0.3) is 11.3 Å². The van der Waals surface area contributed by atoms with E-state index in [2.05, 4.69) is 15.8 Å². The molecule has 0 bridgehead atoms. The topological polar surface area (TPSA) is 87.4 Å². The molecule has 1 heterocycles. The number of carbonyl (C=O) groups excluding carboxylic acids is 1. The zero-order valence-corrected chi connectivity index (χ0v) is 15.2. The molecular formula is C19H22F3N3O3. The highest BCUT2D eigenvalue weighted by molar-refractivity contribution is 5.95. The number of rotatable bonds is 7. The van der Waals surface area contributed by atoms with Crippen molar-refractivity contribution in [2.75, 3.05) is 13.2 Å². The minimum atomic E-state index is -4.43. The van der Waals surface area contributed by atoms with Crippen LogP contribution >= 0.6 is 0 Å². The Balaban J connectivity index is 1.87. The van der Waals surface area contributed by atoms with Crippen molar-refractivity contribution in [3.63, 3.8) is 0 Å². The molecule has 0 aliphatic heterocycles. The number of hydrogen-bond acceptors (Lipinski definition) is 5. The van der Waals surface area contributed by atoms with E-state index < -0.39 is 11.7 Å². The summed E-state index contributed by atoms with van der Waals surface area (Å²) >= 11 is 0. The number of nitrogens with one attached hydrogen (secondary N) is 2. The second kappa shape index (κ2) is 8.74. The molecule has 1 aromatic heterocycles. The van der Waals surface area contributed by atoms with Gasteiger partial charge in [0.1, 0.15) is 0 Å². The average Bonchev–Trinajstić information content (AvgIpc) is 3.31. The molecule has 28 heavy (non-hydrogen) atoms. The highest BCUT2D eigenvalue weighted by Crippen LogP contribution is 2.32. The molecule has 0 radical (unpaired) electrons. The lowest BCUT2D eigenvalue weighted by molar-refractivity contribution is -0.137. The third kappa shape index (κ3) is 4.71. The van der Waals surface area contributed by atoms with Crippen LogP contribution in [0.5, 0.6) is 0 Å². The second-order valence-corrected chi connectivity index (χ2v) is 6.77. The second-order valence-electron chi connectivity index (χ2n) is 6.77. The van der Waals surface area contributed by atoms with Crippen LogP contribution in [0, 0.1) is 0 Å². The molecule has 1 amide bonds. The minimum Gasteiger partial charge on any atom is -0.395 e. The van der Waals surface area contributed by atoms with E-state index in [0.717, 1.165) is 37.8 Å². The van der Waals surface area contributed by atoms with Gasteiger partial charge in [0, 0.05) is 30.3 Å². The van der Waals surface area contributed by atoms with Gasteiger partial charge >= 0.3 is 6.18 Å². The number of aliphatic hydroxyl groups is 1. The van der Waals surface area contributed by atoms with Crippen molar-refractivity contribution in [1.29, 1.82) is 0 Å². The summed E-state index contributed by atoms with van der Waals surface area (Å²) in [4.78, 5) is 12.6. The zero-order chi connectivity index (χ0) is 20.1. The fourth-order valence-corrected chi connectivity index (χ4v) is 3.31. The Morgan fingerprint density at radius 3 is 2.50 bits per heavy atom. The van der Waals surface area contributed by atoms with Crippen molar-refractivity contribution in [1.82, 2.24) is 15.8 Å². The highest BCUT2D eigenvalue weighted by Gasteiger charge is 2.31. The summed E-state index contributed by atoms with van der Waals surface area (Å²) in [5.41, 5.74) is 0.173. The first-order valence-corrected chi connectivity index (χ1v) is 9.18. The van der Waals surface area contributed by atoms with Gasteiger partial charge in [-0.25, -0.2) is 0 Å². The van der Waals surface area contributed by atoms with E-state index in [1.807, 2.05) is 0 Å². The Bertz CT molecular complexity index is 797. The van der Waals surface area contributed by atoms with Gasteiger partial charge in [0.05, 0.1) is 12.2 Å². The van der Waals surface area contributed by atoms with Crippen LogP contribution < -0.4 is 10.6 Å². The van der Waals surface area contributed by atoms with Crippen LogP contribution in [0.3, 0.4) is 0 Å². The van der Waals surface area contributed by atoms with Crippen molar-refractivity contribution in [3.05, 3.63) is 41.1 Å². The highest BCUT2D eigenvalue weighted by atomic mass is 19.4. The van der Waals surface area contributed by atoms with E-state index in [-0.39, 0.29) is 36.6 Å². The van der Waals surface area contributed by atoms with Gasteiger partial charge in [-0.15, -0.1) is 0 Å². The van der Waals surface area contributed by atoms with E-state index in [0.29, 0.717) is 17.7 Å². The van der Waals surface area contributed by atoms with Crippen LogP contribution in [0.1, 0.15) is 47.3 Å². The van der Waals surface area contributed by atoms with Gasteiger partial charge in [0.25, 0.3) is 5.91 Å². The first kappa shape index (κ1) is 20.3. The monoisotopic (exact) mass is 397 g/mol. The summed E-state index contributed by atoms with van der Waals surface area (Å²) in [6.07, 6.45) is -0.490. The van der Waals surface area contributed by atoms with Crippen LogP contribution in [-0.4, -0.2) is 35.4 Å². The van der Waals surface area contributed by atoms with Gasteiger partial charge in [-0.3, -0.25) is 4.79 Å². The maximum absolute atomic E-state index is 12.8. The van der Waals surface area contributed by atoms with Crippen molar-refractivity contribution in [2.45, 2.75) is 44.4 Å². The maximum atomic E-state index is 12.8. The summed E-state index contributed by atoms with van der Waals surface area (Å²) in [5.74, 6) is -0.134. The summed E-state index contributed by atoms with van der Waals surface area (Å²) in [6.45, 7) is 0.389. The number of aliphatic hydroxyl groups excluding tert-OH is 1. The van der Waals surface area contributed by atoms with E-state index in [9.17, 15) is 18.0 Å². The molecule has 3 rings (SSSR count). The number of amides is 1. The molecule has 6 nitrogen and oxygen atoms in total. The molecular weight excluding hydrogens is 375 g/mol. The molecule has 1 aliphatic rings. The predicted octanol–water partition coefficient (Wildman–Crippen LogP) is 3.11. The predicted molar refractivity (Wildman–Crippen MR) is 95.5 cm³/mol. The van der Waals surface area contributed by atoms with Crippen molar-refractivity contribution < 1.29 is 27.6 Å². The lowest BCUT2D eigenvalue weighted by Crippen LogP contribution is -2.33. The molecule has 1 aliphatic carbocycles. The first-order chi connectivity index (χ1) is 13.4. The van der Waals surface area contributed by atoms with Gasteiger partial charge in [-0.05, 0) is 25.0 Å². The smallest absolute Gasteiger partial charge is 0.395 e. The first-order valence-electron chi connectivity index (χ1n) is 9.18. The molecule has 1 saturated carbocycles. The lowest BCUT2D eigenvalue weighted by atomic mass is 10.0. The number of nitrogens with zero attached hydrogens (tertiary/aromatic N) is 1. The van der Waals surface area contributed by atoms with E-state index in [1.165, 1.54) is 12.1 Å². The van der Waals surface area contributed by atoms with Crippen LogP contribution in [0.4, 0.5) is 13.2 Å². The van der Waals surface area contributed by atoms with Gasteiger partial charge in [0.15, 0.2) is 11.5 Å². The van der Waals surface area contributed by atoms with Gasteiger partial charge in [-0.2, -0.15) is 13.2 Å². The van der Waals surface area contributed by atoms with Gasteiger partial charge in [0.2, 0.25) is 0 Å². The zero-order valence-electron chi connectivity index (χ0n) is 15.2. The summed E-state index contributed by atoms with van der Waals surface area (Å²) in [6, 6.07) is 4.59. The SMILES string of the molecule is O=C(NC1CCCC1)c1noc(-c2ccc(C(F)(F)F)cc2)c1CNCCO. The molecule has 2 aromatic rings. The largest absolute Gasteiger partial charge is 0.416 e. The summed E-state index contributed by atoms with van der Waals surface area (Å²) in [7, 11) is 0. The molecule has 152 valence electrons. The normalized spacial score (nSPS) is 15.1. The van der Waals surface area contributed by atoms with E-state index >= 15 is 0 Å². The summed E-state index contributed by atoms with van der Waals surface area (Å²) < 4.78 is 43.7. The molecule has 0 atom stereocenters. The fraction of sp³-hybridized carbons (Fsp3) is 0.474. The standard InChI is InChI=1S/C19H22F3N3O3/c20-19(21,22)13-7-5-12(6-8-13)17-15(11-23-9-10-26)16(25-28-17)18(27)24-14-3-1-2-4-14/h5-8,14,23,26H,1-4,9-11H2,(H,24,27). The number of benzene rings is 1. The Morgan fingerprint density at radius 2 is 1.89 bits per heavy atom. The molecule has 3 N–H and O–H groups in total. The fourth-order valence-electron chi connectivity index (χ4n) is 3.31. The lowest BCUT2D eigenvalue weighted by Gasteiger charge is -2.11. The molecule has 1 aromatic carbocycles. The number of halogens is 3. The maximum Gasteiger partial charge on any atom is 0.416 e.